The molecule has 11 heteroatoms. The molecule has 130 valence electrons. The fourth-order valence-corrected chi connectivity index (χ4v) is 6.05. The number of carbonyl (C=O) groups is 1. The molecule has 0 aromatic heterocycles. The Morgan fingerprint density at radius 2 is 1.91 bits per heavy atom. The molecule has 0 aliphatic carbocycles. The maximum absolute atomic E-state index is 11.9. The summed E-state index contributed by atoms with van der Waals surface area (Å²) in [6.07, 6.45) is -0.346. The molecule has 1 unspecified atom stereocenters. The lowest BCUT2D eigenvalue weighted by Gasteiger charge is -2.12. The fraction of sp³-hybridized carbons (Fsp3) is 0.909. The predicted octanol–water partition coefficient (Wildman–Crippen LogP) is -1.57. The standard InChI is InChI=1S/C11H23N3O6S2/c1-2-20-11(15)13-6-4-12-5-7-14-22(18,19)10-3-8-21(16,17)9-10/h10,12,14H,2-9H2,1H3,(H,13,15). The van der Waals surface area contributed by atoms with Crippen LogP contribution in [0.5, 0.6) is 0 Å². The Kier molecular flexibility index (Phi) is 7.53. The summed E-state index contributed by atoms with van der Waals surface area (Å²) in [7, 11) is -6.82. The quantitative estimate of drug-likeness (QED) is 0.425. The van der Waals surface area contributed by atoms with E-state index in [1.807, 2.05) is 0 Å². The smallest absolute Gasteiger partial charge is 0.407 e. The second-order valence-electron chi connectivity index (χ2n) is 4.86. The molecular weight excluding hydrogens is 334 g/mol. The number of hydrogen-bond donors (Lipinski definition) is 3. The van der Waals surface area contributed by atoms with Crippen LogP contribution < -0.4 is 15.4 Å². The first-order valence-electron chi connectivity index (χ1n) is 7.07. The third-order valence-corrected chi connectivity index (χ3v) is 6.95. The van der Waals surface area contributed by atoms with Gasteiger partial charge in [-0.3, -0.25) is 0 Å². The van der Waals surface area contributed by atoms with Crippen LogP contribution in [0.2, 0.25) is 0 Å². The number of hydrogen-bond acceptors (Lipinski definition) is 7. The van der Waals surface area contributed by atoms with Crippen LogP contribution in [0.15, 0.2) is 0 Å². The number of carbonyl (C=O) groups excluding carboxylic acids is 1. The van der Waals surface area contributed by atoms with Gasteiger partial charge < -0.3 is 15.4 Å². The molecule has 0 bridgehead atoms. The van der Waals surface area contributed by atoms with E-state index in [4.69, 9.17) is 0 Å². The highest BCUT2D eigenvalue weighted by atomic mass is 32.2. The van der Waals surface area contributed by atoms with E-state index in [1.165, 1.54) is 0 Å². The molecule has 1 fully saturated rings. The van der Waals surface area contributed by atoms with E-state index in [2.05, 4.69) is 20.1 Å². The average Bonchev–Trinajstić information content (AvgIpc) is 2.79. The van der Waals surface area contributed by atoms with Gasteiger partial charge in [0.1, 0.15) is 0 Å². The highest BCUT2D eigenvalue weighted by Gasteiger charge is 2.36. The molecule has 0 radical (unpaired) electrons. The molecule has 1 heterocycles. The van der Waals surface area contributed by atoms with Crippen LogP contribution in [-0.2, 0) is 24.6 Å². The van der Waals surface area contributed by atoms with E-state index in [-0.39, 0.29) is 24.5 Å². The maximum atomic E-state index is 11.9. The first-order chi connectivity index (χ1) is 10.3. The van der Waals surface area contributed by atoms with Gasteiger partial charge in [-0.25, -0.2) is 26.4 Å². The van der Waals surface area contributed by atoms with Crippen LogP contribution in [0.4, 0.5) is 4.79 Å². The highest BCUT2D eigenvalue weighted by Crippen LogP contribution is 2.17. The Hall–Kier alpha value is -0.910. The van der Waals surface area contributed by atoms with Gasteiger partial charge in [-0.2, -0.15) is 0 Å². The van der Waals surface area contributed by atoms with E-state index in [1.54, 1.807) is 6.92 Å². The number of alkyl carbamates (subject to hydrolysis) is 1. The molecule has 0 aromatic rings. The Bertz CT molecular complexity index is 560. The summed E-state index contributed by atoms with van der Waals surface area (Å²) >= 11 is 0. The third kappa shape index (κ3) is 6.90. The predicted molar refractivity (Wildman–Crippen MR) is 81.9 cm³/mol. The highest BCUT2D eigenvalue weighted by molar-refractivity contribution is 7.95. The van der Waals surface area contributed by atoms with E-state index < -0.39 is 31.2 Å². The van der Waals surface area contributed by atoms with Crippen LogP contribution in [0.3, 0.4) is 0 Å². The Labute approximate surface area is 131 Å². The summed E-state index contributed by atoms with van der Waals surface area (Å²) in [4.78, 5) is 11.0. The normalized spacial score (nSPS) is 20.7. The maximum Gasteiger partial charge on any atom is 0.407 e. The largest absolute Gasteiger partial charge is 0.450 e. The van der Waals surface area contributed by atoms with Gasteiger partial charge in [0.2, 0.25) is 10.0 Å². The molecule has 22 heavy (non-hydrogen) atoms. The monoisotopic (exact) mass is 357 g/mol. The van der Waals surface area contributed by atoms with E-state index >= 15 is 0 Å². The molecule has 0 aromatic carbocycles. The number of sulfonamides is 1. The van der Waals surface area contributed by atoms with Gasteiger partial charge in [0.15, 0.2) is 9.84 Å². The molecule has 0 spiro atoms. The lowest BCUT2D eigenvalue weighted by molar-refractivity contribution is 0.152. The van der Waals surface area contributed by atoms with Crippen molar-refractivity contribution in [1.29, 1.82) is 0 Å². The summed E-state index contributed by atoms with van der Waals surface area (Å²) < 4.78 is 53.4. The van der Waals surface area contributed by atoms with Gasteiger partial charge in [-0.05, 0) is 13.3 Å². The molecule has 1 rings (SSSR count). The van der Waals surface area contributed by atoms with Gasteiger partial charge in [0, 0.05) is 26.2 Å². The van der Waals surface area contributed by atoms with Crippen molar-refractivity contribution in [2.45, 2.75) is 18.6 Å². The SMILES string of the molecule is CCOC(=O)NCCNCCNS(=O)(=O)C1CCS(=O)(=O)C1. The van der Waals surface area contributed by atoms with Crippen molar-refractivity contribution in [3.05, 3.63) is 0 Å². The number of sulfone groups is 1. The van der Waals surface area contributed by atoms with E-state index in [9.17, 15) is 21.6 Å². The molecule has 1 amide bonds. The Morgan fingerprint density at radius 3 is 2.50 bits per heavy atom. The Balaban J connectivity index is 2.13. The summed E-state index contributed by atoms with van der Waals surface area (Å²) in [6, 6.07) is 0. The van der Waals surface area contributed by atoms with Crippen LogP contribution in [-0.4, -0.2) is 72.5 Å². The second kappa shape index (κ2) is 8.65. The zero-order chi connectivity index (χ0) is 16.6. The van der Waals surface area contributed by atoms with Crippen LogP contribution in [0, 0.1) is 0 Å². The minimum atomic E-state index is -3.60. The van der Waals surface area contributed by atoms with Crippen molar-refractivity contribution < 1.29 is 26.4 Å². The topological polar surface area (TPSA) is 131 Å². The van der Waals surface area contributed by atoms with Gasteiger partial charge >= 0.3 is 6.09 Å². The summed E-state index contributed by atoms with van der Waals surface area (Å²) in [5.41, 5.74) is 0. The average molecular weight is 357 g/mol. The van der Waals surface area contributed by atoms with Crippen molar-refractivity contribution in [1.82, 2.24) is 15.4 Å². The van der Waals surface area contributed by atoms with E-state index in [0.717, 1.165) is 0 Å². The second-order valence-corrected chi connectivity index (χ2v) is 9.14. The number of rotatable bonds is 9. The summed E-state index contributed by atoms with van der Waals surface area (Å²) in [6.45, 7) is 3.39. The van der Waals surface area contributed by atoms with Gasteiger partial charge in [-0.15, -0.1) is 0 Å². The fourth-order valence-electron chi connectivity index (χ4n) is 1.97. The van der Waals surface area contributed by atoms with Crippen molar-refractivity contribution >= 4 is 26.0 Å². The van der Waals surface area contributed by atoms with E-state index in [0.29, 0.717) is 26.2 Å². The molecular formula is C11H23N3O6S2. The van der Waals surface area contributed by atoms with Crippen molar-refractivity contribution in [3.8, 4) is 0 Å². The van der Waals surface area contributed by atoms with Crippen molar-refractivity contribution in [3.63, 3.8) is 0 Å². The third-order valence-electron chi connectivity index (χ3n) is 3.08. The minimum absolute atomic E-state index is 0.0731. The zero-order valence-corrected chi connectivity index (χ0v) is 14.1. The minimum Gasteiger partial charge on any atom is -0.450 e. The number of ether oxygens (including phenoxy) is 1. The first-order valence-corrected chi connectivity index (χ1v) is 10.4. The first kappa shape index (κ1) is 19.1. The lowest BCUT2D eigenvalue weighted by Crippen LogP contribution is -2.40. The van der Waals surface area contributed by atoms with Gasteiger partial charge in [0.25, 0.3) is 0 Å². The molecule has 1 aliphatic heterocycles. The lowest BCUT2D eigenvalue weighted by atomic mass is 10.4. The molecule has 1 atom stereocenters. The van der Waals surface area contributed by atoms with Crippen LogP contribution in [0.1, 0.15) is 13.3 Å². The molecule has 1 saturated heterocycles. The number of nitrogens with one attached hydrogen (secondary N) is 3. The molecule has 1 aliphatic rings. The zero-order valence-electron chi connectivity index (χ0n) is 12.5. The van der Waals surface area contributed by atoms with Crippen LogP contribution >= 0.6 is 0 Å². The van der Waals surface area contributed by atoms with Crippen molar-refractivity contribution in [2.24, 2.45) is 0 Å². The summed E-state index contributed by atoms with van der Waals surface area (Å²) in [5, 5.41) is 4.60. The van der Waals surface area contributed by atoms with Crippen molar-refractivity contribution in [2.75, 3.05) is 44.3 Å². The molecule has 9 nitrogen and oxygen atoms in total. The molecule has 0 saturated carbocycles. The number of amides is 1. The van der Waals surface area contributed by atoms with Gasteiger partial charge in [0.05, 0.1) is 23.4 Å². The summed E-state index contributed by atoms with van der Waals surface area (Å²) in [5.74, 6) is -0.379. The Morgan fingerprint density at radius 1 is 1.23 bits per heavy atom. The molecule has 3 N–H and O–H groups in total. The van der Waals surface area contributed by atoms with Crippen LogP contribution in [0.25, 0.3) is 0 Å². The van der Waals surface area contributed by atoms with Gasteiger partial charge in [-0.1, -0.05) is 0 Å².